The number of thiophene rings is 4. The lowest BCUT2D eigenvalue weighted by Crippen LogP contribution is -2.34. The van der Waals surface area contributed by atoms with Crippen molar-refractivity contribution in [2.24, 2.45) is 35.5 Å². The third-order valence-corrected chi connectivity index (χ3v) is 28.6. The number of benzene rings is 2. The Hall–Kier alpha value is -7.50. The standard InChI is InChI=1S/C94H120N6O6S4/c1-13-25-33-61(19-7)55-95-83(69-45-41-67(42-46-69)71-49-51-75(109-71)87-81-79(91(103)99(87)59-65(23-11)37-29-17-5)85(73-39-31-53-107-73)97(93(81)105)57-63(21-9)35-27-15-3)77-78(89(95)101)84(96(90(77)102)56-62(20-8)34-26-14-2)70-47-43-68(44-48-70)72-50-52-76(110-72)88-82-80(92(104)100(88)60-66(24-12)38-30-18-6)86(74-40-32-54-108-74)98(94(82)106)58-64(22-10)36-28-16-4/h31-32,39-54,61-66H,13-30,33-38,55-60H2,1-12H3. The fraction of sp³-hybridized carbons (Fsp3) is 0.511. The molecule has 0 bridgehead atoms. The molecule has 0 saturated heterocycles. The molecule has 0 radical (unpaired) electrons. The first-order valence-electron chi connectivity index (χ1n) is 42.5. The molecule has 6 atom stereocenters. The highest BCUT2D eigenvalue weighted by atomic mass is 32.1. The minimum absolute atomic E-state index is 0.0836. The number of carbonyl (C=O) groups excluding carboxylic acids is 6. The molecule has 6 aromatic rings. The molecule has 12 nitrogen and oxygen atoms in total. The molecular weight excluding hydrogens is 1440 g/mol. The van der Waals surface area contributed by atoms with Crippen LogP contribution in [0, 0.1) is 35.5 Å². The summed E-state index contributed by atoms with van der Waals surface area (Å²) in [5.74, 6) is 0.949. The zero-order chi connectivity index (χ0) is 77.9. The Morgan fingerprint density at radius 3 is 0.673 bits per heavy atom. The van der Waals surface area contributed by atoms with Gasteiger partial charge in [0.2, 0.25) is 0 Å². The van der Waals surface area contributed by atoms with Crippen LogP contribution in [0.3, 0.4) is 0 Å². The van der Waals surface area contributed by atoms with Crippen LogP contribution in [0.2, 0.25) is 0 Å². The van der Waals surface area contributed by atoms with E-state index in [0.717, 1.165) is 228 Å². The third kappa shape index (κ3) is 16.6. The van der Waals surface area contributed by atoms with Crippen LogP contribution < -0.4 is 0 Å². The topological polar surface area (TPSA) is 122 Å². The lowest BCUT2D eigenvalue weighted by atomic mass is 9.97. The smallest absolute Gasteiger partial charge is 0.261 e. The highest BCUT2D eigenvalue weighted by Crippen LogP contribution is 2.54. The van der Waals surface area contributed by atoms with Gasteiger partial charge in [0.05, 0.1) is 87.1 Å². The molecule has 0 fully saturated rings. The Balaban J connectivity index is 0.934. The van der Waals surface area contributed by atoms with Crippen molar-refractivity contribution in [1.82, 2.24) is 29.4 Å². The second-order valence-corrected chi connectivity index (χ2v) is 35.8. The zero-order valence-corrected chi connectivity index (χ0v) is 71.1. The van der Waals surface area contributed by atoms with Gasteiger partial charge in [-0.05, 0) is 143 Å². The first-order chi connectivity index (χ1) is 53.6. The Bertz CT molecular complexity index is 4180. The second-order valence-electron chi connectivity index (χ2n) is 31.8. The summed E-state index contributed by atoms with van der Waals surface area (Å²) < 4.78 is 0. The normalized spacial score (nSPS) is 17.7. The van der Waals surface area contributed by atoms with Crippen molar-refractivity contribution in [3.63, 3.8) is 0 Å². The van der Waals surface area contributed by atoms with Crippen LogP contribution in [0.5, 0.6) is 0 Å². The van der Waals surface area contributed by atoms with E-state index in [1.54, 1.807) is 45.3 Å². The fourth-order valence-electron chi connectivity index (χ4n) is 17.6. The summed E-state index contributed by atoms with van der Waals surface area (Å²) in [5, 5.41) is 4.08. The van der Waals surface area contributed by atoms with E-state index in [1.165, 1.54) is 0 Å². The van der Waals surface area contributed by atoms with Crippen LogP contribution in [-0.2, 0) is 28.8 Å². The lowest BCUT2D eigenvalue weighted by molar-refractivity contribution is -0.124. The molecule has 6 aliphatic rings. The fourth-order valence-corrected chi connectivity index (χ4v) is 21.3. The van der Waals surface area contributed by atoms with Gasteiger partial charge in [0.1, 0.15) is 0 Å². The molecule has 0 spiro atoms. The van der Waals surface area contributed by atoms with Gasteiger partial charge in [-0.25, -0.2) is 0 Å². The Kier molecular flexibility index (Phi) is 28.2. The molecule has 4 aromatic heterocycles. The summed E-state index contributed by atoms with van der Waals surface area (Å²) in [6.07, 6.45) is 24.3. The van der Waals surface area contributed by atoms with Gasteiger partial charge in [-0.2, -0.15) is 0 Å². The van der Waals surface area contributed by atoms with Gasteiger partial charge in [0.15, 0.2) is 0 Å². The summed E-state index contributed by atoms with van der Waals surface area (Å²) in [7, 11) is 0. The maximum atomic E-state index is 16.1. The molecule has 6 aliphatic heterocycles. The van der Waals surface area contributed by atoms with Crippen LogP contribution in [0.1, 0.15) is 268 Å². The van der Waals surface area contributed by atoms with E-state index < -0.39 is 0 Å². The lowest BCUT2D eigenvalue weighted by Gasteiger charge is -2.29. The molecule has 6 amide bonds. The molecular formula is C94H120N6O6S4. The van der Waals surface area contributed by atoms with Gasteiger partial charge < -0.3 is 29.4 Å². The van der Waals surface area contributed by atoms with Gasteiger partial charge in [0.25, 0.3) is 35.4 Å². The Morgan fingerprint density at radius 2 is 0.455 bits per heavy atom. The summed E-state index contributed by atoms with van der Waals surface area (Å²) in [6.45, 7) is 29.8. The number of rotatable bonds is 44. The van der Waals surface area contributed by atoms with Crippen molar-refractivity contribution in [2.45, 2.75) is 237 Å². The van der Waals surface area contributed by atoms with Crippen molar-refractivity contribution in [1.29, 1.82) is 0 Å². The number of carbonyl (C=O) groups is 6. The Morgan fingerprint density at radius 1 is 0.245 bits per heavy atom. The van der Waals surface area contributed by atoms with Crippen LogP contribution in [0.4, 0.5) is 0 Å². The minimum atomic E-state index is -0.143. The minimum Gasteiger partial charge on any atom is -0.307 e. The van der Waals surface area contributed by atoms with Gasteiger partial charge in [0, 0.05) is 49.0 Å². The van der Waals surface area contributed by atoms with Crippen molar-refractivity contribution >= 4 is 115 Å². The van der Waals surface area contributed by atoms with E-state index in [2.05, 4.69) is 168 Å². The predicted octanol–water partition coefficient (Wildman–Crippen LogP) is 24.0. The summed E-state index contributed by atoms with van der Waals surface area (Å²) in [5.41, 5.74) is 10.9. The first kappa shape index (κ1) is 82.0. The third-order valence-electron chi connectivity index (χ3n) is 24.5. The predicted molar refractivity (Wildman–Crippen MR) is 460 cm³/mol. The number of nitrogens with zero attached hydrogens (tertiary/aromatic N) is 6. The van der Waals surface area contributed by atoms with E-state index in [0.29, 0.717) is 95.9 Å². The van der Waals surface area contributed by atoms with Gasteiger partial charge >= 0.3 is 0 Å². The monoisotopic (exact) mass is 1560 g/mol. The van der Waals surface area contributed by atoms with Crippen LogP contribution in [0.25, 0.3) is 55.1 Å². The molecule has 0 aliphatic carbocycles. The SMILES string of the molecule is CCCCC(CC)CN1C(=O)C2=C(c3ccc(-c4ccc(C5=C6C(=O)N(CC(CC)CCCC)C(c7cccs7)=C6C(=O)N5CC(CC)CCCC)s4)cc3)N(CC(CC)CCCC)C(=O)C2=C1c1ccc(-c2ccc(C3=C4C(=O)N(CC(CC)CCCC)C(c5cccs5)=C4C(=O)N3CC(CC)CCCC)s2)cc1. The molecule has 2 aromatic carbocycles. The van der Waals surface area contributed by atoms with Crippen molar-refractivity contribution < 1.29 is 28.8 Å². The van der Waals surface area contributed by atoms with Crippen molar-refractivity contribution in [2.75, 3.05) is 39.3 Å². The van der Waals surface area contributed by atoms with Crippen LogP contribution >= 0.6 is 45.3 Å². The van der Waals surface area contributed by atoms with E-state index in [4.69, 9.17) is 0 Å². The summed E-state index contributed by atoms with van der Waals surface area (Å²) >= 11 is 6.39. The highest BCUT2D eigenvalue weighted by Gasteiger charge is 2.53. The largest absolute Gasteiger partial charge is 0.307 e. The van der Waals surface area contributed by atoms with E-state index in [9.17, 15) is 0 Å². The Labute approximate surface area is 673 Å². The van der Waals surface area contributed by atoms with E-state index in [-0.39, 0.29) is 59.1 Å². The molecule has 12 rings (SSSR count). The maximum absolute atomic E-state index is 16.1. The summed E-state index contributed by atoms with van der Waals surface area (Å²) in [4.78, 5) is 111. The number of fused-ring (bicyclic) bond motifs is 3. The molecule has 0 N–H and O–H groups in total. The first-order valence-corrected chi connectivity index (χ1v) is 45.9. The van der Waals surface area contributed by atoms with Crippen LogP contribution in [0.15, 0.2) is 141 Å². The second kappa shape index (κ2) is 37.9. The molecule has 10 heterocycles. The van der Waals surface area contributed by atoms with E-state index >= 15 is 28.8 Å². The molecule has 110 heavy (non-hydrogen) atoms. The maximum Gasteiger partial charge on any atom is 0.261 e. The number of amides is 6. The average Bonchev–Trinajstić information content (AvgIpc) is 1.57. The molecule has 6 unspecified atom stereocenters. The van der Waals surface area contributed by atoms with Gasteiger partial charge in [-0.1, -0.05) is 259 Å². The van der Waals surface area contributed by atoms with Crippen molar-refractivity contribution in [3.05, 3.63) is 172 Å². The van der Waals surface area contributed by atoms with Crippen molar-refractivity contribution in [3.8, 4) is 20.9 Å². The quantitative estimate of drug-likeness (QED) is 0.0376. The number of hydrogen-bond acceptors (Lipinski definition) is 10. The highest BCUT2D eigenvalue weighted by molar-refractivity contribution is 7.17. The number of unbranched alkanes of at least 4 members (excludes halogenated alkanes) is 6. The average molecular weight is 1560 g/mol. The zero-order valence-electron chi connectivity index (χ0n) is 67.8. The van der Waals surface area contributed by atoms with Gasteiger partial charge in [-0.15, -0.1) is 45.3 Å². The number of hydrogen-bond donors (Lipinski definition) is 0. The molecule has 586 valence electrons. The van der Waals surface area contributed by atoms with Crippen LogP contribution in [-0.4, -0.2) is 104 Å². The van der Waals surface area contributed by atoms with Gasteiger partial charge in [-0.3, -0.25) is 28.8 Å². The molecule has 16 heteroatoms. The summed E-state index contributed by atoms with van der Waals surface area (Å²) in [6, 6.07) is 33.4. The van der Waals surface area contributed by atoms with E-state index in [1.807, 2.05) is 52.3 Å². The molecule has 0 saturated carbocycles.